The van der Waals surface area contributed by atoms with E-state index in [0.717, 1.165) is 28.9 Å². The van der Waals surface area contributed by atoms with Crippen molar-refractivity contribution < 1.29 is 24.2 Å². The van der Waals surface area contributed by atoms with E-state index in [2.05, 4.69) is 0 Å². The van der Waals surface area contributed by atoms with Gasteiger partial charge in [-0.05, 0) is 75.3 Å². The van der Waals surface area contributed by atoms with Crippen molar-refractivity contribution in [3.8, 4) is 11.5 Å². The Morgan fingerprint density at radius 1 is 1.09 bits per heavy atom. The van der Waals surface area contributed by atoms with Crippen LogP contribution in [0.15, 0.2) is 42.0 Å². The molecule has 0 radical (unpaired) electrons. The fourth-order valence-corrected chi connectivity index (χ4v) is 4.14. The number of aliphatic hydroxyl groups is 1. The van der Waals surface area contributed by atoms with E-state index in [1.165, 1.54) is 0 Å². The second-order valence-electron chi connectivity index (χ2n) is 8.85. The number of carbonyl (C=O) groups excluding carboxylic acids is 2. The van der Waals surface area contributed by atoms with Crippen LogP contribution >= 0.6 is 0 Å². The second kappa shape index (κ2) is 10.7. The number of likely N-dealkylation sites (N-methyl/N-ethyl adjacent to an activating group) is 1. The number of hydrogen-bond donors (Lipinski definition) is 1. The Kier molecular flexibility index (Phi) is 7.99. The summed E-state index contributed by atoms with van der Waals surface area (Å²) in [5, 5.41) is 11.4. The molecule has 0 aliphatic carbocycles. The van der Waals surface area contributed by atoms with Crippen LogP contribution < -0.4 is 9.47 Å². The van der Waals surface area contributed by atoms with Crippen molar-refractivity contribution in [3.05, 3.63) is 64.2 Å². The number of carbonyl (C=O) groups is 2. The highest BCUT2D eigenvalue weighted by atomic mass is 16.5. The Bertz CT molecular complexity index is 1090. The second-order valence-corrected chi connectivity index (χ2v) is 8.85. The molecule has 2 aromatic carbocycles. The van der Waals surface area contributed by atoms with E-state index in [0.29, 0.717) is 31.0 Å². The summed E-state index contributed by atoms with van der Waals surface area (Å²) in [6.45, 7) is 7.30. The summed E-state index contributed by atoms with van der Waals surface area (Å²) < 4.78 is 11.1. The maximum Gasteiger partial charge on any atom is 0.295 e. The molecule has 1 heterocycles. The molecule has 1 amide bonds. The van der Waals surface area contributed by atoms with Gasteiger partial charge in [-0.15, -0.1) is 0 Å². The molecule has 1 N–H and O–H groups in total. The van der Waals surface area contributed by atoms with Crippen LogP contribution in [0.3, 0.4) is 0 Å². The van der Waals surface area contributed by atoms with Gasteiger partial charge >= 0.3 is 0 Å². The molecule has 1 atom stereocenters. The molecule has 3 rings (SSSR count). The number of Topliss-reactive ketones (excluding diaryl/α,β-unsaturated/α-hetero) is 1. The molecule has 1 saturated heterocycles. The van der Waals surface area contributed by atoms with Gasteiger partial charge in [-0.3, -0.25) is 9.59 Å². The fourth-order valence-electron chi connectivity index (χ4n) is 4.14. The first kappa shape index (κ1) is 25.3. The molecule has 7 heteroatoms. The zero-order valence-corrected chi connectivity index (χ0v) is 20.8. The third kappa shape index (κ3) is 5.09. The van der Waals surface area contributed by atoms with Gasteiger partial charge in [0.15, 0.2) is 0 Å². The Labute approximate surface area is 201 Å². The van der Waals surface area contributed by atoms with Gasteiger partial charge in [0.2, 0.25) is 0 Å². The van der Waals surface area contributed by atoms with Gasteiger partial charge in [0.05, 0.1) is 25.3 Å². The first-order valence-electron chi connectivity index (χ1n) is 11.5. The number of aryl methyl sites for hydroxylation is 2. The highest BCUT2D eigenvalue weighted by molar-refractivity contribution is 6.46. The van der Waals surface area contributed by atoms with Crippen molar-refractivity contribution in [2.45, 2.75) is 33.2 Å². The lowest BCUT2D eigenvalue weighted by Gasteiger charge is -2.27. The average Bonchev–Trinajstić information content (AvgIpc) is 3.07. The van der Waals surface area contributed by atoms with E-state index in [1.807, 2.05) is 70.1 Å². The molecular formula is C27H34N2O5. The Balaban J connectivity index is 2.14. The quantitative estimate of drug-likeness (QED) is 0.341. The minimum Gasteiger partial charge on any atom is -0.507 e. The Morgan fingerprint density at radius 2 is 1.76 bits per heavy atom. The zero-order chi connectivity index (χ0) is 25.0. The molecule has 2 aromatic rings. The van der Waals surface area contributed by atoms with E-state index in [1.54, 1.807) is 18.1 Å². The summed E-state index contributed by atoms with van der Waals surface area (Å²) in [5.41, 5.74) is 2.92. The molecule has 1 aliphatic rings. The van der Waals surface area contributed by atoms with Crippen molar-refractivity contribution in [2.24, 2.45) is 0 Å². The highest BCUT2D eigenvalue weighted by Gasteiger charge is 2.46. The van der Waals surface area contributed by atoms with Gasteiger partial charge in [-0.2, -0.15) is 0 Å². The molecule has 0 spiro atoms. The van der Waals surface area contributed by atoms with E-state index in [9.17, 15) is 14.7 Å². The summed E-state index contributed by atoms with van der Waals surface area (Å²) in [7, 11) is 5.41. The number of methoxy groups -OCH3 is 1. The fraction of sp³-hybridized carbons (Fsp3) is 0.407. The Morgan fingerprint density at radius 3 is 2.35 bits per heavy atom. The number of ether oxygens (including phenoxy) is 2. The lowest BCUT2D eigenvalue weighted by atomic mass is 9.93. The van der Waals surface area contributed by atoms with Crippen LogP contribution in [0, 0.1) is 13.8 Å². The summed E-state index contributed by atoms with van der Waals surface area (Å²) in [5.74, 6) is -0.0505. The number of hydrogen-bond acceptors (Lipinski definition) is 6. The molecule has 0 bridgehead atoms. The number of likely N-dealkylation sites (tertiary alicyclic amines) is 1. The first-order chi connectivity index (χ1) is 16.2. The van der Waals surface area contributed by atoms with Crippen molar-refractivity contribution in [2.75, 3.05) is 40.9 Å². The van der Waals surface area contributed by atoms with Crippen LogP contribution in [0.25, 0.3) is 5.76 Å². The number of amides is 1. The van der Waals surface area contributed by atoms with E-state index in [-0.39, 0.29) is 11.3 Å². The zero-order valence-electron chi connectivity index (χ0n) is 20.8. The molecule has 0 aromatic heterocycles. The van der Waals surface area contributed by atoms with Gasteiger partial charge in [0, 0.05) is 18.7 Å². The van der Waals surface area contributed by atoms with E-state index in [4.69, 9.17) is 9.47 Å². The number of benzene rings is 2. The summed E-state index contributed by atoms with van der Waals surface area (Å²) in [6.07, 6.45) is 0.896. The van der Waals surface area contributed by atoms with Crippen LogP contribution in [0.5, 0.6) is 11.5 Å². The molecule has 0 saturated carbocycles. The van der Waals surface area contributed by atoms with Crippen LogP contribution in [-0.4, -0.2) is 67.5 Å². The largest absolute Gasteiger partial charge is 0.507 e. The summed E-state index contributed by atoms with van der Waals surface area (Å²) >= 11 is 0. The van der Waals surface area contributed by atoms with Gasteiger partial charge in [0.25, 0.3) is 11.7 Å². The van der Waals surface area contributed by atoms with Gasteiger partial charge in [0.1, 0.15) is 17.3 Å². The van der Waals surface area contributed by atoms with Crippen molar-refractivity contribution >= 4 is 17.4 Å². The molecule has 182 valence electrons. The minimum absolute atomic E-state index is 0.0960. The molecule has 1 aliphatic heterocycles. The molecule has 1 unspecified atom stereocenters. The third-order valence-electron chi connectivity index (χ3n) is 5.99. The lowest BCUT2D eigenvalue weighted by Crippen LogP contribution is -2.35. The SMILES string of the molecule is CCCOc1ccc(C2/C(=C(\O)c3cc(C)c(OC)cc3C)C(=O)C(=O)N2CCN(C)C)cc1. The Hall–Kier alpha value is -3.32. The average molecular weight is 467 g/mol. The molecular weight excluding hydrogens is 432 g/mol. The lowest BCUT2D eigenvalue weighted by molar-refractivity contribution is -0.140. The number of ketones is 1. The number of aliphatic hydroxyl groups excluding tert-OH is 1. The normalized spacial score (nSPS) is 17.5. The first-order valence-corrected chi connectivity index (χ1v) is 11.5. The van der Waals surface area contributed by atoms with E-state index >= 15 is 0 Å². The molecule has 7 nitrogen and oxygen atoms in total. The van der Waals surface area contributed by atoms with Crippen molar-refractivity contribution in [1.82, 2.24) is 9.80 Å². The number of rotatable bonds is 9. The maximum atomic E-state index is 13.2. The predicted molar refractivity (Wildman–Crippen MR) is 132 cm³/mol. The van der Waals surface area contributed by atoms with E-state index < -0.39 is 17.7 Å². The van der Waals surface area contributed by atoms with Crippen LogP contribution in [-0.2, 0) is 9.59 Å². The van der Waals surface area contributed by atoms with Gasteiger partial charge < -0.3 is 24.4 Å². The van der Waals surface area contributed by atoms with Crippen LogP contribution in [0.1, 0.15) is 41.6 Å². The van der Waals surface area contributed by atoms with Crippen molar-refractivity contribution in [1.29, 1.82) is 0 Å². The topological polar surface area (TPSA) is 79.3 Å². The maximum absolute atomic E-state index is 13.2. The smallest absolute Gasteiger partial charge is 0.295 e. The van der Waals surface area contributed by atoms with Gasteiger partial charge in [-0.1, -0.05) is 19.1 Å². The standard InChI is InChI=1S/C27H34N2O5/c1-7-14-34-20-10-8-19(9-11-20)24-23(26(31)27(32)29(24)13-12-28(4)5)25(30)21-15-18(3)22(33-6)16-17(21)2/h8-11,15-16,24,30H,7,12-14H2,1-6H3/b25-23+. The van der Waals surface area contributed by atoms with Gasteiger partial charge in [-0.25, -0.2) is 0 Å². The summed E-state index contributed by atoms with van der Waals surface area (Å²) in [6, 6.07) is 10.3. The molecule has 1 fully saturated rings. The van der Waals surface area contributed by atoms with Crippen LogP contribution in [0.4, 0.5) is 0 Å². The minimum atomic E-state index is -0.693. The van der Waals surface area contributed by atoms with Crippen molar-refractivity contribution in [3.63, 3.8) is 0 Å². The monoisotopic (exact) mass is 466 g/mol. The van der Waals surface area contributed by atoms with Crippen LogP contribution in [0.2, 0.25) is 0 Å². The number of nitrogens with zero attached hydrogens (tertiary/aromatic N) is 2. The highest BCUT2D eigenvalue weighted by Crippen LogP contribution is 2.40. The molecule has 34 heavy (non-hydrogen) atoms. The predicted octanol–water partition coefficient (Wildman–Crippen LogP) is 4.08. The third-order valence-corrected chi connectivity index (χ3v) is 5.99. The summed E-state index contributed by atoms with van der Waals surface area (Å²) in [4.78, 5) is 29.8.